The maximum absolute atomic E-state index is 9.22. The van der Waals surface area contributed by atoms with E-state index in [1.807, 2.05) is 6.07 Å². The van der Waals surface area contributed by atoms with Gasteiger partial charge in [-0.15, -0.1) is 0 Å². The molecule has 1 aliphatic rings. The van der Waals surface area contributed by atoms with Crippen LogP contribution < -0.4 is 4.90 Å². The number of aliphatic hydroxyl groups excluding tert-OH is 1. The molecule has 0 bridgehead atoms. The van der Waals surface area contributed by atoms with Crippen molar-refractivity contribution in [3.63, 3.8) is 0 Å². The SMILES string of the molecule is OCC1CCN(c2nnnn2Cc2c(Cl)cccc2Cl)CC1. The van der Waals surface area contributed by atoms with E-state index < -0.39 is 0 Å². The molecular weight excluding hydrogens is 325 g/mol. The van der Waals surface area contributed by atoms with Crippen molar-refractivity contribution in [3.8, 4) is 0 Å². The van der Waals surface area contributed by atoms with Crippen LogP contribution in [0.4, 0.5) is 5.95 Å². The molecule has 6 nitrogen and oxygen atoms in total. The first-order valence-electron chi connectivity index (χ1n) is 7.24. The summed E-state index contributed by atoms with van der Waals surface area (Å²) in [6, 6.07) is 5.42. The Morgan fingerprint density at radius 3 is 2.50 bits per heavy atom. The average molecular weight is 342 g/mol. The predicted octanol–water partition coefficient (Wildman–Crippen LogP) is 2.24. The van der Waals surface area contributed by atoms with Crippen LogP contribution >= 0.6 is 23.2 Å². The Balaban J connectivity index is 1.78. The molecule has 1 aliphatic heterocycles. The highest BCUT2D eigenvalue weighted by Gasteiger charge is 2.23. The Labute approximate surface area is 138 Å². The fraction of sp³-hybridized carbons (Fsp3) is 0.500. The lowest BCUT2D eigenvalue weighted by Gasteiger charge is -2.31. The van der Waals surface area contributed by atoms with Gasteiger partial charge < -0.3 is 10.0 Å². The van der Waals surface area contributed by atoms with E-state index in [4.69, 9.17) is 23.2 Å². The van der Waals surface area contributed by atoms with Gasteiger partial charge in [-0.3, -0.25) is 0 Å². The minimum atomic E-state index is 0.244. The van der Waals surface area contributed by atoms with Crippen molar-refractivity contribution in [2.45, 2.75) is 19.4 Å². The number of hydrogen-bond donors (Lipinski definition) is 1. The molecule has 118 valence electrons. The average Bonchev–Trinajstić information content (AvgIpc) is 2.99. The van der Waals surface area contributed by atoms with Crippen molar-refractivity contribution in [2.75, 3.05) is 24.6 Å². The first-order chi connectivity index (χ1) is 10.7. The third-order valence-corrected chi connectivity index (χ3v) is 4.75. The van der Waals surface area contributed by atoms with Gasteiger partial charge in [0.15, 0.2) is 0 Å². The predicted molar refractivity (Wildman–Crippen MR) is 85.4 cm³/mol. The minimum Gasteiger partial charge on any atom is -0.396 e. The van der Waals surface area contributed by atoms with Gasteiger partial charge in [-0.2, -0.15) is 0 Å². The van der Waals surface area contributed by atoms with Gasteiger partial charge in [-0.05, 0) is 41.3 Å². The van der Waals surface area contributed by atoms with Crippen LogP contribution in [-0.4, -0.2) is 45.0 Å². The summed E-state index contributed by atoms with van der Waals surface area (Å²) in [5, 5.41) is 22.4. The molecule has 0 radical (unpaired) electrons. The largest absolute Gasteiger partial charge is 0.396 e. The molecule has 22 heavy (non-hydrogen) atoms. The quantitative estimate of drug-likeness (QED) is 0.923. The van der Waals surface area contributed by atoms with Crippen molar-refractivity contribution in [1.29, 1.82) is 0 Å². The van der Waals surface area contributed by atoms with Gasteiger partial charge in [0.25, 0.3) is 0 Å². The summed E-state index contributed by atoms with van der Waals surface area (Å²) in [7, 11) is 0. The second-order valence-corrected chi connectivity index (χ2v) is 6.26. The first-order valence-corrected chi connectivity index (χ1v) is 7.99. The summed E-state index contributed by atoms with van der Waals surface area (Å²) < 4.78 is 1.71. The Morgan fingerprint density at radius 1 is 1.18 bits per heavy atom. The molecule has 8 heteroatoms. The topological polar surface area (TPSA) is 67.1 Å². The highest BCUT2D eigenvalue weighted by atomic mass is 35.5. The fourth-order valence-corrected chi connectivity index (χ4v) is 3.19. The molecule has 1 fully saturated rings. The van der Waals surface area contributed by atoms with Crippen molar-refractivity contribution >= 4 is 29.2 Å². The van der Waals surface area contributed by atoms with Crippen LogP contribution in [0.1, 0.15) is 18.4 Å². The highest BCUT2D eigenvalue weighted by Crippen LogP contribution is 2.27. The van der Waals surface area contributed by atoms with E-state index in [9.17, 15) is 5.11 Å². The molecule has 1 aromatic heterocycles. The van der Waals surface area contributed by atoms with Crippen molar-refractivity contribution in [2.24, 2.45) is 5.92 Å². The molecule has 2 heterocycles. The maximum atomic E-state index is 9.22. The molecule has 1 saturated heterocycles. The van der Waals surface area contributed by atoms with E-state index in [2.05, 4.69) is 20.4 Å². The minimum absolute atomic E-state index is 0.244. The second-order valence-electron chi connectivity index (χ2n) is 5.45. The lowest BCUT2D eigenvalue weighted by Crippen LogP contribution is -2.36. The van der Waals surface area contributed by atoms with Gasteiger partial charge >= 0.3 is 0 Å². The smallest absolute Gasteiger partial charge is 0.245 e. The Hall–Kier alpha value is -1.37. The highest BCUT2D eigenvalue weighted by molar-refractivity contribution is 6.35. The fourth-order valence-electron chi connectivity index (χ4n) is 2.68. The van der Waals surface area contributed by atoms with Crippen LogP contribution in [0.5, 0.6) is 0 Å². The van der Waals surface area contributed by atoms with Crippen LogP contribution in [0.2, 0.25) is 10.0 Å². The standard InChI is InChI=1S/C14H17Cl2N5O/c15-12-2-1-3-13(16)11(12)8-21-14(17-18-19-21)20-6-4-10(9-22)5-7-20/h1-3,10,22H,4-9H2. The molecule has 0 atom stereocenters. The van der Waals surface area contributed by atoms with E-state index in [0.29, 0.717) is 28.5 Å². The number of benzene rings is 1. The summed E-state index contributed by atoms with van der Waals surface area (Å²) in [4.78, 5) is 2.14. The summed E-state index contributed by atoms with van der Waals surface area (Å²) in [6.07, 6.45) is 1.88. The number of tetrazole rings is 1. The summed E-state index contributed by atoms with van der Waals surface area (Å²) in [5.41, 5.74) is 0.810. The van der Waals surface area contributed by atoms with Crippen LogP contribution in [0.3, 0.4) is 0 Å². The van der Waals surface area contributed by atoms with Crippen molar-refractivity contribution in [1.82, 2.24) is 20.2 Å². The summed E-state index contributed by atoms with van der Waals surface area (Å²) in [6.45, 7) is 2.35. The Kier molecular flexibility index (Phi) is 4.81. The van der Waals surface area contributed by atoms with Crippen LogP contribution in [0.15, 0.2) is 18.2 Å². The van der Waals surface area contributed by atoms with Gasteiger partial charge in [0.1, 0.15) is 0 Å². The number of aromatic nitrogens is 4. The molecule has 3 rings (SSSR count). The van der Waals surface area contributed by atoms with E-state index in [1.165, 1.54) is 0 Å². The van der Waals surface area contributed by atoms with E-state index in [1.54, 1.807) is 16.8 Å². The Bertz CT molecular complexity index is 620. The normalized spacial score (nSPS) is 16.2. The number of nitrogens with zero attached hydrogens (tertiary/aromatic N) is 5. The first kappa shape index (κ1) is 15.5. The molecule has 2 aromatic rings. The molecular formula is C14H17Cl2N5O. The molecule has 0 aliphatic carbocycles. The lowest BCUT2D eigenvalue weighted by atomic mass is 9.98. The third kappa shape index (κ3) is 3.19. The zero-order valence-corrected chi connectivity index (χ0v) is 13.5. The zero-order chi connectivity index (χ0) is 15.5. The van der Waals surface area contributed by atoms with E-state index >= 15 is 0 Å². The van der Waals surface area contributed by atoms with Gasteiger partial charge in [0.2, 0.25) is 5.95 Å². The van der Waals surface area contributed by atoms with Gasteiger partial charge in [0, 0.05) is 35.3 Å². The maximum Gasteiger partial charge on any atom is 0.245 e. The molecule has 0 unspecified atom stereocenters. The number of anilines is 1. The van der Waals surface area contributed by atoms with E-state index in [-0.39, 0.29) is 6.61 Å². The monoisotopic (exact) mass is 341 g/mol. The van der Waals surface area contributed by atoms with Crippen LogP contribution in [0, 0.1) is 5.92 Å². The second kappa shape index (κ2) is 6.81. The van der Waals surface area contributed by atoms with Gasteiger partial charge in [-0.25, -0.2) is 4.68 Å². The van der Waals surface area contributed by atoms with Crippen LogP contribution in [-0.2, 0) is 6.54 Å². The van der Waals surface area contributed by atoms with E-state index in [0.717, 1.165) is 31.5 Å². The van der Waals surface area contributed by atoms with Gasteiger partial charge in [0.05, 0.1) is 6.54 Å². The van der Waals surface area contributed by atoms with Crippen LogP contribution in [0.25, 0.3) is 0 Å². The van der Waals surface area contributed by atoms with Gasteiger partial charge in [-0.1, -0.05) is 34.4 Å². The number of hydrogen-bond acceptors (Lipinski definition) is 5. The summed E-state index contributed by atoms with van der Waals surface area (Å²) >= 11 is 12.4. The van der Waals surface area contributed by atoms with Crippen molar-refractivity contribution in [3.05, 3.63) is 33.8 Å². The number of halogens is 2. The molecule has 0 saturated carbocycles. The number of aliphatic hydroxyl groups is 1. The third-order valence-electron chi connectivity index (χ3n) is 4.04. The molecule has 0 spiro atoms. The molecule has 1 aromatic carbocycles. The Morgan fingerprint density at radius 2 is 1.86 bits per heavy atom. The molecule has 0 amide bonds. The molecule has 1 N–H and O–H groups in total. The number of piperidine rings is 1. The van der Waals surface area contributed by atoms with Crippen molar-refractivity contribution < 1.29 is 5.11 Å². The lowest BCUT2D eigenvalue weighted by molar-refractivity contribution is 0.202. The summed E-state index contributed by atoms with van der Waals surface area (Å²) in [5.74, 6) is 1.09. The number of rotatable bonds is 4. The zero-order valence-electron chi connectivity index (χ0n) is 12.0.